The molecule has 1 saturated heterocycles. The minimum absolute atomic E-state index is 0.732. The number of fused-ring (bicyclic) bond motifs is 2. The first-order valence-electron chi connectivity index (χ1n) is 6.90. The summed E-state index contributed by atoms with van der Waals surface area (Å²) < 4.78 is 0. The molecule has 92 valence electrons. The van der Waals surface area contributed by atoms with Crippen molar-refractivity contribution in [1.82, 2.24) is 10.2 Å². The quantitative estimate of drug-likeness (QED) is 0.853. The molecule has 2 heteroatoms. The fourth-order valence-corrected chi connectivity index (χ4v) is 3.61. The molecule has 2 nitrogen and oxygen atoms in total. The summed E-state index contributed by atoms with van der Waals surface area (Å²) in [6, 6.07) is 12.3. The number of hydrogen-bond donors (Lipinski definition) is 1. The number of likely N-dealkylation sites (tertiary alicyclic amines) is 1. The van der Waals surface area contributed by atoms with Gasteiger partial charge in [-0.1, -0.05) is 37.3 Å². The van der Waals surface area contributed by atoms with Crippen LogP contribution < -0.4 is 5.32 Å². The molecule has 2 fully saturated rings. The fraction of sp³-hybridized carbons (Fsp3) is 0.600. The van der Waals surface area contributed by atoms with Crippen molar-refractivity contribution in [2.75, 3.05) is 13.1 Å². The van der Waals surface area contributed by atoms with Crippen LogP contribution in [0.1, 0.15) is 25.3 Å². The first-order chi connectivity index (χ1) is 8.38. The van der Waals surface area contributed by atoms with Gasteiger partial charge in [-0.05, 0) is 30.9 Å². The number of piperidine rings is 1. The zero-order chi connectivity index (χ0) is 11.7. The summed E-state index contributed by atoms with van der Waals surface area (Å²) in [5.74, 6) is 0.892. The van der Waals surface area contributed by atoms with Crippen LogP contribution in [0.2, 0.25) is 0 Å². The molecule has 1 aliphatic carbocycles. The van der Waals surface area contributed by atoms with Gasteiger partial charge in [-0.15, -0.1) is 0 Å². The van der Waals surface area contributed by atoms with Crippen LogP contribution in [0.3, 0.4) is 0 Å². The molecule has 0 spiro atoms. The van der Waals surface area contributed by atoms with Crippen molar-refractivity contribution in [3.05, 3.63) is 35.9 Å². The minimum Gasteiger partial charge on any atom is -0.308 e. The summed E-state index contributed by atoms with van der Waals surface area (Å²) in [6.07, 6.45) is 2.82. The topological polar surface area (TPSA) is 15.3 Å². The molecule has 0 aromatic heterocycles. The fourth-order valence-electron chi connectivity index (χ4n) is 3.61. The van der Waals surface area contributed by atoms with Crippen LogP contribution in [0.5, 0.6) is 0 Å². The number of benzene rings is 1. The Labute approximate surface area is 104 Å². The number of nitrogens with zero attached hydrogens (tertiary/aromatic N) is 1. The average molecular weight is 230 g/mol. The van der Waals surface area contributed by atoms with E-state index in [1.54, 1.807) is 0 Å². The van der Waals surface area contributed by atoms with Gasteiger partial charge < -0.3 is 5.32 Å². The van der Waals surface area contributed by atoms with Gasteiger partial charge in [-0.2, -0.15) is 0 Å². The Morgan fingerprint density at radius 3 is 2.76 bits per heavy atom. The maximum absolute atomic E-state index is 3.78. The van der Waals surface area contributed by atoms with Gasteiger partial charge in [-0.3, -0.25) is 4.90 Å². The highest BCUT2D eigenvalue weighted by Crippen LogP contribution is 2.37. The summed E-state index contributed by atoms with van der Waals surface area (Å²) in [4.78, 5) is 2.65. The number of likely N-dealkylation sites (N-methyl/N-ethyl adjacent to an activating group) is 1. The van der Waals surface area contributed by atoms with Crippen LogP contribution in [0, 0.1) is 5.92 Å². The summed E-state index contributed by atoms with van der Waals surface area (Å²) >= 11 is 0. The molecule has 1 aromatic rings. The summed E-state index contributed by atoms with van der Waals surface area (Å²) in [5.41, 5.74) is 1.40. The number of hydrogen-bond acceptors (Lipinski definition) is 2. The Morgan fingerprint density at radius 1 is 1.24 bits per heavy atom. The number of rotatable bonds is 4. The molecule has 0 amide bonds. The highest BCUT2D eigenvalue weighted by molar-refractivity contribution is 5.15. The molecule has 3 atom stereocenters. The largest absolute Gasteiger partial charge is 0.308 e. The van der Waals surface area contributed by atoms with E-state index < -0.39 is 0 Å². The normalized spacial score (nSPS) is 32.2. The second-order valence-electron chi connectivity index (χ2n) is 5.38. The van der Waals surface area contributed by atoms with Crippen molar-refractivity contribution in [3.63, 3.8) is 0 Å². The Bertz CT molecular complexity index is 362. The third-order valence-corrected chi connectivity index (χ3v) is 4.48. The highest BCUT2D eigenvalue weighted by Gasteiger charge is 2.45. The predicted molar refractivity (Wildman–Crippen MR) is 70.8 cm³/mol. The zero-order valence-corrected chi connectivity index (χ0v) is 10.6. The third-order valence-electron chi connectivity index (χ3n) is 4.48. The van der Waals surface area contributed by atoms with E-state index >= 15 is 0 Å². The molecule has 1 saturated carbocycles. The molecule has 3 unspecified atom stereocenters. The van der Waals surface area contributed by atoms with E-state index in [-0.39, 0.29) is 0 Å². The van der Waals surface area contributed by atoms with E-state index in [9.17, 15) is 0 Å². The molecule has 1 aromatic carbocycles. The second kappa shape index (κ2) is 4.79. The highest BCUT2D eigenvalue weighted by atomic mass is 15.2. The SMILES string of the molecule is CCN1CC2CCC1C2NCc1ccccc1. The first kappa shape index (κ1) is 11.2. The Balaban J connectivity index is 1.60. The van der Waals surface area contributed by atoms with Crippen LogP contribution in [0.15, 0.2) is 30.3 Å². The van der Waals surface area contributed by atoms with Gasteiger partial charge in [0.15, 0.2) is 0 Å². The van der Waals surface area contributed by atoms with Gasteiger partial charge in [-0.25, -0.2) is 0 Å². The predicted octanol–water partition coefficient (Wildman–Crippen LogP) is 2.26. The maximum Gasteiger partial charge on any atom is 0.0267 e. The standard InChI is InChI=1S/C15H22N2/c1-2-17-11-13-8-9-14(17)15(13)16-10-12-6-4-3-5-7-12/h3-7,13-16H,2,8-11H2,1H3. The maximum atomic E-state index is 3.78. The van der Waals surface area contributed by atoms with Crippen LogP contribution in [0.25, 0.3) is 0 Å². The molecular formula is C15H22N2. The number of nitrogens with one attached hydrogen (secondary N) is 1. The van der Waals surface area contributed by atoms with Crippen molar-refractivity contribution < 1.29 is 0 Å². The molecule has 0 radical (unpaired) electrons. The van der Waals surface area contributed by atoms with Gasteiger partial charge in [0.25, 0.3) is 0 Å². The second-order valence-corrected chi connectivity index (χ2v) is 5.38. The van der Waals surface area contributed by atoms with E-state index in [2.05, 4.69) is 47.5 Å². The third kappa shape index (κ3) is 2.12. The van der Waals surface area contributed by atoms with Crippen LogP contribution in [-0.4, -0.2) is 30.1 Å². The zero-order valence-electron chi connectivity index (χ0n) is 10.6. The summed E-state index contributed by atoms with van der Waals surface area (Å²) in [5, 5.41) is 3.78. The van der Waals surface area contributed by atoms with Gasteiger partial charge in [0.2, 0.25) is 0 Å². The Morgan fingerprint density at radius 2 is 2.06 bits per heavy atom. The van der Waals surface area contributed by atoms with Gasteiger partial charge >= 0.3 is 0 Å². The lowest BCUT2D eigenvalue weighted by Gasteiger charge is -2.25. The van der Waals surface area contributed by atoms with E-state index in [0.29, 0.717) is 0 Å². The molecular weight excluding hydrogens is 208 g/mol. The van der Waals surface area contributed by atoms with Crippen LogP contribution in [0.4, 0.5) is 0 Å². The van der Waals surface area contributed by atoms with Crippen LogP contribution >= 0.6 is 0 Å². The van der Waals surface area contributed by atoms with Crippen molar-refractivity contribution in [2.24, 2.45) is 5.92 Å². The van der Waals surface area contributed by atoms with Crippen molar-refractivity contribution in [3.8, 4) is 0 Å². The molecule has 2 bridgehead atoms. The monoisotopic (exact) mass is 230 g/mol. The molecule has 2 aliphatic rings. The Hall–Kier alpha value is -0.860. The smallest absolute Gasteiger partial charge is 0.0267 e. The molecule has 1 N–H and O–H groups in total. The Kier molecular flexibility index (Phi) is 3.17. The van der Waals surface area contributed by atoms with Gasteiger partial charge in [0.05, 0.1) is 0 Å². The van der Waals surface area contributed by atoms with Crippen molar-refractivity contribution in [2.45, 2.75) is 38.4 Å². The molecule has 1 aliphatic heterocycles. The van der Waals surface area contributed by atoms with Gasteiger partial charge in [0.1, 0.15) is 0 Å². The van der Waals surface area contributed by atoms with E-state index in [1.165, 1.54) is 31.5 Å². The van der Waals surface area contributed by atoms with Crippen molar-refractivity contribution in [1.29, 1.82) is 0 Å². The average Bonchev–Trinajstić information content (AvgIpc) is 2.94. The van der Waals surface area contributed by atoms with Crippen LogP contribution in [-0.2, 0) is 6.54 Å². The lowest BCUT2D eigenvalue weighted by atomic mass is 10.1. The molecule has 17 heavy (non-hydrogen) atoms. The lowest BCUT2D eigenvalue weighted by molar-refractivity contribution is 0.219. The van der Waals surface area contributed by atoms with E-state index in [0.717, 1.165) is 24.5 Å². The summed E-state index contributed by atoms with van der Waals surface area (Å²) in [6.45, 7) is 5.84. The first-order valence-corrected chi connectivity index (χ1v) is 6.90. The minimum atomic E-state index is 0.732. The lowest BCUT2D eigenvalue weighted by Crippen LogP contribution is -2.40. The van der Waals surface area contributed by atoms with E-state index in [4.69, 9.17) is 0 Å². The van der Waals surface area contributed by atoms with Crippen molar-refractivity contribution >= 4 is 0 Å². The van der Waals surface area contributed by atoms with E-state index in [1.807, 2.05) is 0 Å². The molecule has 1 heterocycles. The van der Waals surface area contributed by atoms with Gasteiger partial charge in [0, 0.05) is 25.2 Å². The summed E-state index contributed by atoms with van der Waals surface area (Å²) in [7, 11) is 0. The molecule has 3 rings (SSSR count).